The smallest absolute Gasteiger partial charge is 0.236 e. The van der Waals surface area contributed by atoms with Gasteiger partial charge >= 0.3 is 0 Å². The number of nitrogens with one attached hydrogen (secondary N) is 1. The summed E-state index contributed by atoms with van der Waals surface area (Å²) in [5, 5.41) is 7.34. The predicted molar refractivity (Wildman–Crippen MR) is 90.8 cm³/mol. The Hall–Kier alpha value is -0.820. The summed E-state index contributed by atoms with van der Waals surface area (Å²) in [6, 6.07) is 1.95. The summed E-state index contributed by atoms with van der Waals surface area (Å²) in [6.45, 7) is 4.44. The maximum Gasteiger partial charge on any atom is 0.236 e. The van der Waals surface area contributed by atoms with Crippen molar-refractivity contribution in [1.29, 1.82) is 0 Å². The molecule has 0 aromatic carbocycles. The van der Waals surface area contributed by atoms with E-state index in [-0.39, 0.29) is 30.7 Å². The van der Waals surface area contributed by atoms with E-state index in [0.717, 1.165) is 39.0 Å². The first-order valence-corrected chi connectivity index (χ1v) is 7.24. The number of rotatable bonds is 7. The van der Waals surface area contributed by atoms with Gasteiger partial charge in [-0.15, -0.1) is 24.8 Å². The molecule has 0 radical (unpaired) electrons. The Kier molecular flexibility index (Phi) is 11.3. The molecule has 0 bridgehead atoms. The number of hydrogen-bond donors (Lipinski definition) is 1. The molecule has 0 saturated carbocycles. The van der Waals surface area contributed by atoms with Crippen LogP contribution in [-0.4, -0.2) is 60.5 Å². The third-order valence-corrected chi connectivity index (χ3v) is 3.73. The SMILES string of the molecule is COCCNCC(=O)N1CCC(Cn2cccn2)CC1.Cl.Cl. The monoisotopic (exact) mass is 352 g/mol. The number of amides is 1. The van der Waals surface area contributed by atoms with Gasteiger partial charge in [0.1, 0.15) is 0 Å². The fourth-order valence-corrected chi connectivity index (χ4v) is 2.52. The van der Waals surface area contributed by atoms with Crippen molar-refractivity contribution in [2.24, 2.45) is 5.92 Å². The van der Waals surface area contributed by atoms with Crippen LogP contribution in [0.3, 0.4) is 0 Å². The zero-order valence-electron chi connectivity index (χ0n) is 12.9. The molecule has 1 aliphatic rings. The van der Waals surface area contributed by atoms with E-state index in [4.69, 9.17) is 4.74 Å². The highest BCUT2D eigenvalue weighted by atomic mass is 35.5. The van der Waals surface area contributed by atoms with Gasteiger partial charge in [0.15, 0.2) is 0 Å². The summed E-state index contributed by atoms with van der Waals surface area (Å²) < 4.78 is 6.92. The van der Waals surface area contributed by atoms with Crippen LogP contribution in [0.2, 0.25) is 0 Å². The van der Waals surface area contributed by atoms with Gasteiger partial charge in [-0.25, -0.2) is 0 Å². The van der Waals surface area contributed by atoms with Crippen molar-refractivity contribution in [3.05, 3.63) is 18.5 Å². The Balaban J connectivity index is 0.00000220. The summed E-state index contributed by atoms with van der Waals surface area (Å²) in [6.07, 6.45) is 5.93. The minimum absolute atomic E-state index is 0. The van der Waals surface area contributed by atoms with Crippen molar-refractivity contribution in [2.45, 2.75) is 19.4 Å². The van der Waals surface area contributed by atoms with Gasteiger partial charge in [0.05, 0.1) is 13.2 Å². The van der Waals surface area contributed by atoms with Crippen molar-refractivity contribution in [3.63, 3.8) is 0 Å². The van der Waals surface area contributed by atoms with Crippen LogP contribution in [0.4, 0.5) is 0 Å². The van der Waals surface area contributed by atoms with Gasteiger partial charge in [-0.2, -0.15) is 5.10 Å². The van der Waals surface area contributed by atoms with E-state index < -0.39 is 0 Å². The minimum atomic E-state index is 0. The van der Waals surface area contributed by atoms with E-state index in [0.29, 0.717) is 19.1 Å². The Morgan fingerprint density at radius 3 is 2.68 bits per heavy atom. The predicted octanol–water partition coefficient (Wildman–Crippen LogP) is 1.20. The third kappa shape index (κ3) is 6.96. The summed E-state index contributed by atoms with van der Waals surface area (Å²) in [5.41, 5.74) is 0. The van der Waals surface area contributed by atoms with E-state index in [2.05, 4.69) is 10.4 Å². The first-order valence-electron chi connectivity index (χ1n) is 7.24. The van der Waals surface area contributed by atoms with Gasteiger partial charge in [-0.3, -0.25) is 9.48 Å². The lowest BCUT2D eigenvalue weighted by Crippen LogP contribution is -2.43. The Bertz CT molecular complexity index is 396. The summed E-state index contributed by atoms with van der Waals surface area (Å²) >= 11 is 0. The largest absolute Gasteiger partial charge is 0.383 e. The lowest BCUT2D eigenvalue weighted by molar-refractivity contribution is -0.131. The molecule has 0 aliphatic carbocycles. The van der Waals surface area contributed by atoms with E-state index in [1.54, 1.807) is 7.11 Å². The molecule has 8 heteroatoms. The van der Waals surface area contributed by atoms with Crippen molar-refractivity contribution >= 4 is 30.7 Å². The molecule has 2 heterocycles. The molecule has 1 aromatic heterocycles. The van der Waals surface area contributed by atoms with Crippen LogP contribution in [0.1, 0.15) is 12.8 Å². The number of nitrogens with zero attached hydrogens (tertiary/aromatic N) is 3. The van der Waals surface area contributed by atoms with Gasteiger partial charge in [0.2, 0.25) is 5.91 Å². The molecule has 1 aliphatic heterocycles. The van der Waals surface area contributed by atoms with Crippen molar-refractivity contribution in [1.82, 2.24) is 20.0 Å². The Morgan fingerprint density at radius 2 is 2.09 bits per heavy atom. The molecule has 1 N–H and O–H groups in total. The van der Waals surface area contributed by atoms with Gasteiger partial charge in [0.25, 0.3) is 0 Å². The topological polar surface area (TPSA) is 59.4 Å². The van der Waals surface area contributed by atoms with Crippen molar-refractivity contribution < 1.29 is 9.53 Å². The van der Waals surface area contributed by atoms with E-state index >= 15 is 0 Å². The van der Waals surface area contributed by atoms with Crippen molar-refractivity contribution in [2.75, 3.05) is 39.9 Å². The number of likely N-dealkylation sites (tertiary alicyclic amines) is 1. The number of carbonyl (C=O) groups excluding carboxylic acids is 1. The molecule has 1 fully saturated rings. The Labute approximate surface area is 144 Å². The first-order chi connectivity index (χ1) is 9.79. The number of ether oxygens (including phenoxy) is 1. The highest BCUT2D eigenvalue weighted by Crippen LogP contribution is 2.18. The zero-order valence-corrected chi connectivity index (χ0v) is 14.6. The lowest BCUT2D eigenvalue weighted by atomic mass is 9.97. The third-order valence-electron chi connectivity index (χ3n) is 3.73. The number of halogens is 2. The van der Waals surface area contributed by atoms with Crippen LogP contribution in [-0.2, 0) is 16.1 Å². The summed E-state index contributed by atoms with van der Waals surface area (Å²) in [4.78, 5) is 13.9. The second-order valence-corrected chi connectivity index (χ2v) is 5.22. The van der Waals surface area contributed by atoms with Crippen LogP contribution >= 0.6 is 24.8 Å². The molecule has 22 heavy (non-hydrogen) atoms. The molecule has 0 spiro atoms. The zero-order chi connectivity index (χ0) is 14.2. The number of methoxy groups -OCH3 is 1. The highest BCUT2D eigenvalue weighted by molar-refractivity contribution is 5.85. The van der Waals surface area contributed by atoms with Gasteiger partial charge in [0, 0.05) is 45.7 Å². The van der Waals surface area contributed by atoms with Gasteiger partial charge < -0.3 is 15.0 Å². The highest BCUT2D eigenvalue weighted by Gasteiger charge is 2.22. The first kappa shape index (κ1) is 21.2. The number of carbonyl (C=O) groups is 1. The van der Waals surface area contributed by atoms with Gasteiger partial charge in [-0.05, 0) is 24.8 Å². The van der Waals surface area contributed by atoms with E-state index in [1.807, 2.05) is 28.0 Å². The van der Waals surface area contributed by atoms with Crippen LogP contribution in [0, 0.1) is 5.92 Å². The number of aromatic nitrogens is 2. The molecular formula is C14H26Cl2N4O2. The second kappa shape index (κ2) is 11.7. The fraction of sp³-hybridized carbons (Fsp3) is 0.714. The molecule has 0 atom stereocenters. The van der Waals surface area contributed by atoms with Crippen molar-refractivity contribution in [3.8, 4) is 0 Å². The second-order valence-electron chi connectivity index (χ2n) is 5.22. The summed E-state index contributed by atoms with van der Waals surface area (Å²) in [5.74, 6) is 0.819. The Morgan fingerprint density at radius 1 is 1.36 bits per heavy atom. The van der Waals surface area contributed by atoms with E-state index in [1.165, 1.54) is 0 Å². The molecule has 128 valence electrons. The fourth-order valence-electron chi connectivity index (χ4n) is 2.52. The number of piperidine rings is 1. The van der Waals surface area contributed by atoms with Crippen LogP contribution in [0.25, 0.3) is 0 Å². The number of hydrogen-bond acceptors (Lipinski definition) is 4. The maximum absolute atomic E-state index is 12.0. The molecule has 0 unspecified atom stereocenters. The molecule has 2 rings (SSSR count). The van der Waals surface area contributed by atoms with Crippen LogP contribution in [0.5, 0.6) is 0 Å². The molecule has 1 aromatic rings. The molecular weight excluding hydrogens is 327 g/mol. The van der Waals surface area contributed by atoms with Crippen LogP contribution in [0.15, 0.2) is 18.5 Å². The molecule has 6 nitrogen and oxygen atoms in total. The van der Waals surface area contributed by atoms with E-state index in [9.17, 15) is 4.79 Å². The maximum atomic E-state index is 12.0. The normalized spacial score (nSPS) is 15.0. The summed E-state index contributed by atoms with van der Waals surface area (Å²) in [7, 11) is 1.66. The van der Waals surface area contributed by atoms with Crippen LogP contribution < -0.4 is 5.32 Å². The molecule has 1 saturated heterocycles. The molecule has 1 amide bonds. The minimum Gasteiger partial charge on any atom is -0.383 e. The average Bonchev–Trinajstić information content (AvgIpc) is 2.97. The quantitative estimate of drug-likeness (QED) is 0.749. The lowest BCUT2D eigenvalue weighted by Gasteiger charge is -2.32. The van der Waals surface area contributed by atoms with Gasteiger partial charge in [-0.1, -0.05) is 0 Å². The average molecular weight is 353 g/mol. The standard InChI is InChI=1S/C14H24N4O2.2ClH/c1-20-10-6-15-11-14(19)17-8-3-13(4-9-17)12-18-7-2-5-16-18;;/h2,5,7,13,15H,3-4,6,8-12H2,1H3;2*1H.